The number of ketones is 1. The zero-order chi connectivity index (χ0) is 19.8. The quantitative estimate of drug-likeness (QED) is 0.727. The standard InChI is InChI=1S/C23H23FN2O2/c1-14(11-15(2)27)26-23(17-5-4-6-18(24)12-17)21-9-7-16-13-19(28-3)8-10-20(16)22(21)25-26/h4-6,8,10-13,21,23H,7,9H2,1-3H3. The van der Waals surface area contributed by atoms with Crippen LogP contribution >= 0.6 is 0 Å². The van der Waals surface area contributed by atoms with E-state index in [0.717, 1.165) is 41.1 Å². The summed E-state index contributed by atoms with van der Waals surface area (Å²) in [6.07, 6.45) is 3.40. The largest absolute Gasteiger partial charge is 0.497 e. The lowest BCUT2D eigenvalue weighted by Gasteiger charge is -2.31. The summed E-state index contributed by atoms with van der Waals surface area (Å²) in [6.45, 7) is 3.41. The molecular formula is C23H23FN2O2. The Kier molecular flexibility index (Phi) is 4.75. The fraction of sp³-hybridized carbons (Fsp3) is 0.304. The second kappa shape index (κ2) is 7.23. The maximum absolute atomic E-state index is 14.0. The van der Waals surface area contributed by atoms with Crippen molar-refractivity contribution in [3.8, 4) is 5.75 Å². The number of carbonyl (C=O) groups is 1. The van der Waals surface area contributed by atoms with Crippen LogP contribution in [-0.4, -0.2) is 23.6 Å². The van der Waals surface area contributed by atoms with E-state index < -0.39 is 0 Å². The molecule has 0 N–H and O–H groups in total. The number of rotatable bonds is 4. The van der Waals surface area contributed by atoms with E-state index in [1.165, 1.54) is 18.6 Å². The van der Waals surface area contributed by atoms with Gasteiger partial charge in [0.05, 0.1) is 18.9 Å². The van der Waals surface area contributed by atoms with Crippen molar-refractivity contribution in [1.82, 2.24) is 5.01 Å². The van der Waals surface area contributed by atoms with Gasteiger partial charge in [-0.1, -0.05) is 12.1 Å². The minimum absolute atomic E-state index is 0.0318. The predicted octanol–water partition coefficient (Wildman–Crippen LogP) is 4.65. The normalized spacial score (nSPS) is 21.1. The lowest BCUT2D eigenvalue weighted by Crippen LogP contribution is -2.28. The Morgan fingerprint density at radius 1 is 1.25 bits per heavy atom. The van der Waals surface area contributed by atoms with Crippen molar-refractivity contribution in [2.45, 2.75) is 32.7 Å². The molecule has 1 aliphatic carbocycles. The van der Waals surface area contributed by atoms with Crippen LogP contribution in [0.4, 0.5) is 4.39 Å². The average molecular weight is 378 g/mol. The smallest absolute Gasteiger partial charge is 0.154 e. The van der Waals surface area contributed by atoms with Crippen LogP contribution in [0.3, 0.4) is 0 Å². The molecule has 2 atom stereocenters. The van der Waals surface area contributed by atoms with Gasteiger partial charge in [0, 0.05) is 23.3 Å². The van der Waals surface area contributed by atoms with Gasteiger partial charge >= 0.3 is 0 Å². The number of halogens is 1. The summed E-state index contributed by atoms with van der Waals surface area (Å²) in [5.74, 6) is 0.677. The molecule has 4 nitrogen and oxygen atoms in total. The Bertz CT molecular complexity index is 996. The van der Waals surface area contributed by atoms with Gasteiger partial charge in [0.2, 0.25) is 0 Å². The third kappa shape index (κ3) is 3.21. The summed E-state index contributed by atoms with van der Waals surface area (Å²) < 4.78 is 19.3. The van der Waals surface area contributed by atoms with Crippen molar-refractivity contribution >= 4 is 11.5 Å². The third-order valence-corrected chi connectivity index (χ3v) is 5.49. The Labute approximate surface area is 164 Å². The van der Waals surface area contributed by atoms with Gasteiger partial charge in [0.1, 0.15) is 11.6 Å². The van der Waals surface area contributed by atoms with Crippen molar-refractivity contribution in [3.63, 3.8) is 0 Å². The highest BCUT2D eigenvalue weighted by Crippen LogP contribution is 2.45. The second-order valence-corrected chi connectivity index (χ2v) is 7.39. The predicted molar refractivity (Wildman–Crippen MR) is 107 cm³/mol. The molecule has 28 heavy (non-hydrogen) atoms. The van der Waals surface area contributed by atoms with Gasteiger partial charge in [-0.3, -0.25) is 9.80 Å². The molecule has 0 radical (unpaired) electrons. The van der Waals surface area contributed by atoms with E-state index in [2.05, 4.69) is 12.1 Å². The van der Waals surface area contributed by atoms with E-state index in [9.17, 15) is 9.18 Å². The highest BCUT2D eigenvalue weighted by Gasteiger charge is 2.42. The number of hydrogen-bond acceptors (Lipinski definition) is 4. The number of aryl methyl sites for hydroxylation is 1. The number of ether oxygens (including phenoxy) is 1. The molecule has 0 saturated heterocycles. The number of nitrogens with zero attached hydrogens (tertiary/aromatic N) is 2. The van der Waals surface area contributed by atoms with Crippen LogP contribution in [-0.2, 0) is 11.2 Å². The monoisotopic (exact) mass is 378 g/mol. The molecule has 2 unspecified atom stereocenters. The first-order chi connectivity index (χ1) is 13.5. The number of fused-ring (bicyclic) bond motifs is 3. The Balaban J connectivity index is 1.82. The lowest BCUT2D eigenvalue weighted by molar-refractivity contribution is -0.112. The van der Waals surface area contributed by atoms with E-state index >= 15 is 0 Å². The average Bonchev–Trinajstić information content (AvgIpc) is 3.07. The molecule has 0 amide bonds. The van der Waals surface area contributed by atoms with Crippen molar-refractivity contribution in [2.24, 2.45) is 11.0 Å². The van der Waals surface area contributed by atoms with Crippen LogP contribution in [0.5, 0.6) is 5.75 Å². The summed E-state index contributed by atoms with van der Waals surface area (Å²) in [6, 6.07) is 12.6. The van der Waals surface area contributed by atoms with Crippen LogP contribution in [0.1, 0.15) is 43.0 Å². The molecule has 1 aliphatic heterocycles. The zero-order valence-corrected chi connectivity index (χ0v) is 16.3. The van der Waals surface area contributed by atoms with Crippen LogP contribution in [0.2, 0.25) is 0 Å². The fourth-order valence-corrected chi connectivity index (χ4v) is 4.31. The van der Waals surface area contributed by atoms with Crippen molar-refractivity contribution in [3.05, 3.63) is 76.7 Å². The first-order valence-electron chi connectivity index (χ1n) is 9.47. The van der Waals surface area contributed by atoms with Gasteiger partial charge in [0.15, 0.2) is 5.78 Å². The van der Waals surface area contributed by atoms with Crippen LogP contribution in [0.25, 0.3) is 0 Å². The molecule has 0 saturated carbocycles. The number of hydrogen-bond donors (Lipinski definition) is 0. The van der Waals surface area contributed by atoms with Gasteiger partial charge in [-0.05, 0) is 68.1 Å². The Hall–Kier alpha value is -2.95. The summed E-state index contributed by atoms with van der Waals surface area (Å²) in [4.78, 5) is 11.7. The minimum atomic E-state index is -0.264. The van der Waals surface area contributed by atoms with Crippen LogP contribution in [0.15, 0.2) is 59.3 Å². The number of hydrazone groups is 1. The van der Waals surface area contributed by atoms with E-state index in [-0.39, 0.29) is 23.6 Å². The Morgan fingerprint density at radius 2 is 2.07 bits per heavy atom. The fourth-order valence-electron chi connectivity index (χ4n) is 4.31. The number of methoxy groups -OCH3 is 1. The van der Waals surface area contributed by atoms with Gasteiger partial charge in [-0.2, -0.15) is 5.10 Å². The molecule has 2 aromatic rings. The minimum Gasteiger partial charge on any atom is -0.497 e. The zero-order valence-electron chi connectivity index (χ0n) is 16.3. The first kappa shape index (κ1) is 18.4. The topological polar surface area (TPSA) is 41.9 Å². The highest BCUT2D eigenvalue weighted by atomic mass is 19.1. The van der Waals surface area contributed by atoms with Gasteiger partial charge in [-0.25, -0.2) is 4.39 Å². The molecule has 0 fully saturated rings. The van der Waals surface area contributed by atoms with Gasteiger partial charge in [-0.15, -0.1) is 0 Å². The second-order valence-electron chi connectivity index (χ2n) is 7.39. The van der Waals surface area contributed by atoms with E-state index in [4.69, 9.17) is 9.84 Å². The number of allylic oxidation sites excluding steroid dienone is 2. The van der Waals surface area contributed by atoms with Crippen molar-refractivity contribution in [1.29, 1.82) is 0 Å². The molecule has 1 heterocycles. The maximum atomic E-state index is 14.0. The molecular weight excluding hydrogens is 355 g/mol. The van der Waals surface area contributed by atoms with E-state index in [1.807, 2.05) is 24.1 Å². The summed E-state index contributed by atoms with van der Waals surface area (Å²) in [5.41, 5.74) is 4.95. The van der Waals surface area contributed by atoms with E-state index in [1.54, 1.807) is 25.3 Å². The molecule has 0 aromatic heterocycles. The highest BCUT2D eigenvalue weighted by molar-refractivity contribution is 6.06. The van der Waals surface area contributed by atoms with Crippen LogP contribution in [0, 0.1) is 11.7 Å². The summed E-state index contributed by atoms with van der Waals surface area (Å²) in [5, 5.41) is 6.80. The molecule has 4 rings (SSSR count). The molecule has 2 aromatic carbocycles. The van der Waals surface area contributed by atoms with Crippen LogP contribution < -0.4 is 4.74 Å². The molecule has 2 aliphatic rings. The third-order valence-electron chi connectivity index (χ3n) is 5.49. The molecule has 144 valence electrons. The van der Waals surface area contributed by atoms with E-state index in [0.29, 0.717) is 0 Å². The molecule has 0 spiro atoms. The SMILES string of the molecule is COc1ccc2c(c1)CCC1C2=NN(C(C)=CC(C)=O)C1c1cccc(F)c1. The first-order valence-corrected chi connectivity index (χ1v) is 9.47. The molecule has 5 heteroatoms. The summed E-state index contributed by atoms with van der Waals surface area (Å²) >= 11 is 0. The molecule has 0 bridgehead atoms. The van der Waals surface area contributed by atoms with Crippen molar-refractivity contribution in [2.75, 3.05) is 7.11 Å². The number of carbonyl (C=O) groups excluding carboxylic acids is 1. The van der Waals surface area contributed by atoms with Gasteiger partial charge in [0.25, 0.3) is 0 Å². The summed E-state index contributed by atoms with van der Waals surface area (Å²) in [7, 11) is 1.66. The maximum Gasteiger partial charge on any atom is 0.154 e. The lowest BCUT2D eigenvalue weighted by atomic mass is 9.77. The number of benzene rings is 2. The Morgan fingerprint density at radius 3 is 2.79 bits per heavy atom. The van der Waals surface area contributed by atoms with Gasteiger partial charge < -0.3 is 4.74 Å². The van der Waals surface area contributed by atoms with Crippen molar-refractivity contribution < 1.29 is 13.9 Å².